The summed E-state index contributed by atoms with van der Waals surface area (Å²) in [4.78, 5) is 17.3. The van der Waals surface area contributed by atoms with Crippen molar-refractivity contribution in [2.24, 2.45) is 0 Å². The van der Waals surface area contributed by atoms with Crippen LogP contribution in [0.25, 0.3) is 28.3 Å². The number of aryl methyl sites for hydroxylation is 1. The predicted octanol–water partition coefficient (Wildman–Crippen LogP) is 2.18. The van der Waals surface area contributed by atoms with Crippen molar-refractivity contribution in [1.82, 2.24) is 34.9 Å². The molecule has 4 aromatic rings. The molecule has 4 aromatic heterocycles. The Balaban J connectivity index is 1.69. The highest BCUT2D eigenvalue weighted by atomic mass is 15.3. The van der Waals surface area contributed by atoms with E-state index in [0.717, 1.165) is 52.9 Å². The van der Waals surface area contributed by atoms with Gasteiger partial charge in [0, 0.05) is 36.5 Å². The Hall–Kier alpha value is -3.06. The Morgan fingerprint density at radius 3 is 2.84 bits per heavy atom. The van der Waals surface area contributed by atoms with E-state index in [-0.39, 0.29) is 0 Å². The molecule has 0 atom stereocenters. The van der Waals surface area contributed by atoms with Gasteiger partial charge in [-0.3, -0.25) is 4.98 Å². The lowest BCUT2D eigenvalue weighted by molar-refractivity contribution is 0.433. The number of imidazole rings is 1. The molecule has 0 radical (unpaired) electrons. The van der Waals surface area contributed by atoms with Gasteiger partial charge in [0.25, 0.3) is 0 Å². The van der Waals surface area contributed by atoms with Crippen LogP contribution < -0.4 is 5.32 Å². The second-order valence-corrected chi connectivity index (χ2v) is 6.35. The van der Waals surface area contributed by atoms with E-state index in [1.807, 2.05) is 43.5 Å². The number of pyridine rings is 2. The van der Waals surface area contributed by atoms with Gasteiger partial charge in [0.1, 0.15) is 17.8 Å². The first-order valence-electron chi connectivity index (χ1n) is 8.32. The third-order valence-electron chi connectivity index (χ3n) is 4.58. The molecule has 25 heavy (non-hydrogen) atoms. The minimum Gasteiger partial charge on any atom is -0.341 e. The molecule has 0 saturated carbocycles. The molecule has 2 N–H and O–H groups in total. The second kappa shape index (κ2) is 5.49. The van der Waals surface area contributed by atoms with Gasteiger partial charge in [-0.25, -0.2) is 14.5 Å². The Morgan fingerprint density at radius 2 is 2.04 bits per heavy atom. The van der Waals surface area contributed by atoms with Gasteiger partial charge < -0.3 is 10.3 Å². The summed E-state index contributed by atoms with van der Waals surface area (Å²) in [5, 5.41) is 7.54. The van der Waals surface area contributed by atoms with E-state index >= 15 is 0 Å². The molecule has 0 bridgehead atoms. The number of fused-ring (bicyclic) bond motifs is 1. The first kappa shape index (κ1) is 14.3. The number of nitrogens with zero attached hydrogens (tertiary/aromatic N) is 5. The van der Waals surface area contributed by atoms with Crippen molar-refractivity contribution in [3.8, 4) is 22.6 Å². The molecule has 0 amide bonds. The molecule has 5 heterocycles. The zero-order chi connectivity index (χ0) is 16.8. The van der Waals surface area contributed by atoms with Crippen molar-refractivity contribution >= 4 is 5.65 Å². The lowest BCUT2D eigenvalue weighted by Crippen LogP contribution is -2.40. The number of nitrogens with one attached hydrogen (secondary N) is 2. The average Bonchev–Trinajstić information content (AvgIpc) is 3.19. The van der Waals surface area contributed by atoms with Crippen LogP contribution in [0.2, 0.25) is 0 Å². The predicted molar refractivity (Wildman–Crippen MR) is 94.1 cm³/mol. The van der Waals surface area contributed by atoms with E-state index in [1.165, 1.54) is 0 Å². The van der Waals surface area contributed by atoms with Crippen LogP contribution in [-0.4, -0.2) is 42.6 Å². The van der Waals surface area contributed by atoms with Gasteiger partial charge in [0.2, 0.25) is 0 Å². The molecule has 5 rings (SSSR count). The van der Waals surface area contributed by atoms with Crippen LogP contribution in [0.5, 0.6) is 0 Å². The third kappa shape index (κ3) is 2.40. The zero-order valence-electron chi connectivity index (χ0n) is 13.8. The Morgan fingerprint density at radius 1 is 1.12 bits per heavy atom. The summed E-state index contributed by atoms with van der Waals surface area (Å²) in [6.07, 6.45) is 3.53. The SMILES string of the molecule is Cc1cccc(-c2nc(C3CNC3)[nH]c2-c2ccc3ncnn3c2)n1. The second-order valence-electron chi connectivity index (χ2n) is 6.35. The minimum absolute atomic E-state index is 0.424. The van der Waals surface area contributed by atoms with Gasteiger partial charge in [-0.05, 0) is 31.2 Å². The van der Waals surface area contributed by atoms with Gasteiger partial charge in [0.05, 0.1) is 11.4 Å². The maximum Gasteiger partial charge on any atom is 0.155 e. The summed E-state index contributed by atoms with van der Waals surface area (Å²) in [6, 6.07) is 10.0. The van der Waals surface area contributed by atoms with E-state index in [4.69, 9.17) is 4.98 Å². The van der Waals surface area contributed by atoms with Crippen molar-refractivity contribution in [2.45, 2.75) is 12.8 Å². The summed E-state index contributed by atoms with van der Waals surface area (Å²) in [5.74, 6) is 1.43. The maximum absolute atomic E-state index is 4.88. The molecule has 0 aromatic carbocycles. The molecule has 7 heteroatoms. The van der Waals surface area contributed by atoms with Crippen molar-refractivity contribution in [1.29, 1.82) is 0 Å². The molecule has 0 spiro atoms. The van der Waals surface area contributed by atoms with Crippen LogP contribution in [0.15, 0.2) is 42.9 Å². The average molecular weight is 331 g/mol. The highest BCUT2D eigenvalue weighted by Gasteiger charge is 2.25. The topological polar surface area (TPSA) is 83.8 Å². The molecule has 7 nitrogen and oxygen atoms in total. The fourth-order valence-electron chi connectivity index (χ4n) is 3.10. The standard InChI is InChI=1S/C18H17N7/c1-11-3-2-4-14(22-11)17-16(23-18(24-17)13-7-19-8-13)12-5-6-15-20-10-21-25(15)9-12/h2-6,9-10,13,19H,7-8H2,1H3,(H,23,24). The minimum atomic E-state index is 0.424. The summed E-state index contributed by atoms with van der Waals surface area (Å²) in [6.45, 7) is 3.90. The molecule has 1 saturated heterocycles. The van der Waals surface area contributed by atoms with Crippen molar-refractivity contribution in [3.63, 3.8) is 0 Å². The first-order chi connectivity index (χ1) is 12.3. The summed E-state index contributed by atoms with van der Waals surface area (Å²) in [5.41, 5.74) is 5.54. The Bertz CT molecular complexity index is 1060. The van der Waals surface area contributed by atoms with Gasteiger partial charge >= 0.3 is 0 Å². The van der Waals surface area contributed by atoms with Crippen LogP contribution in [-0.2, 0) is 0 Å². The Kier molecular flexibility index (Phi) is 3.14. The molecule has 0 aliphatic carbocycles. The monoisotopic (exact) mass is 331 g/mol. The van der Waals surface area contributed by atoms with Crippen LogP contribution >= 0.6 is 0 Å². The fourth-order valence-corrected chi connectivity index (χ4v) is 3.10. The van der Waals surface area contributed by atoms with E-state index in [2.05, 4.69) is 25.4 Å². The van der Waals surface area contributed by atoms with E-state index in [0.29, 0.717) is 5.92 Å². The van der Waals surface area contributed by atoms with Crippen LogP contribution in [0.4, 0.5) is 0 Å². The number of aromatic amines is 1. The number of aromatic nitrogens is 6. The summed E-state index contributed by atoms with van der Waals surface area (Å²) < 4.78 is 1.77. The van der Waals surface area contributed by atoms with Gasteiger partial charge in [-0.2, -0.15) is 5.10 Å². The van der Waals surface area contributed by atoms with E-state index in [9.17, 15) is 0 Å². The van der Waals surface area contributed by atoms with E-state index < -0.39 is 0 Å². The normalized spacial score (nSPS) is 14.8. The number of H-pyrrole nitrogens is 1. The maximum atomic E-state index is 4.88. The van der Waals surface area contributed by atoms with Crippen LogP contribution in [0.3, 0.4) is 0 Å². The lowest BCUT2D eigenvalue weighted by Gasteiger charge is -2.24. The first-order valence-corrected chi connectivity index (χ1v) is 8.32. The highest BCUT2D eigenvalue weighted by molar-refractivity contribution is 5.77. The Labute approximate surface area is 144 Å². The number of hydrogen-bond donors (Lipinski definition) is 2. The van der Waals surface area contributed by atoms with Crippen molar-refractivity contribution in [3.05, 3.63) is 54.4 Å². The fraction of sp³-hybridized carbons (Fsp3) is 0.222. The summed E-state index contributed by atoms with van der Waals surface area (Å²) in [7, 11) is 0. The quantitative estimate of drug-likeness (QED) is 0.601. The van der Waals surface area contributed by atoms with E-state index in [1.54, 1.807) is 10.8 Å². The molecule has 1 fully saturated rings. The van der Waals surface area contributed by atoms with Gasteiger partial charge in [-0.1, -0.05) is 6.07 Å². The molecular weight excluding hydrogens is 314 g/mol. The van der Waals surface area contributed by atoms with Gasteiger partial charge in [-0.15, -0.1) is 0 Å². The summed E-state index contributed by atoms with van der Waals surface area (Å²) >= 11 is 0. The molecule has 1 aliphatic heterocycles. The third-order valence-corrected chi connectivity index (χ3v) is 4.58. The largest absolute Gasteiger partial charge is 0.341 e. The van der Waals surface area contributed by atoms with Crippen molar-refractivity contribution < 1.29 is 0 Å². The van der Waals surface area contributed by atoms with Crippen LogP contribution in [0.1, 0.15) is 17.4 Å². The molecular formula is C18H17N7. The van der Waals surface area contributed by atoms with Crippen molar-refractivity contribution in [2.75, 3.05) is 13.1 Å². The van der Waals surface area contributed by atoms with Crippen LogP contribution in [0, 0.1) is 6.92 Å². The molecule has 0 unspecified atom stereocenters. The molecule has 124 valence electrons. The molecule has 1 aliphatic rings. The smallest absolute Gasteiger partial charge is 0.155 e. The zero-order valence-corrected chi connectivity index (χ0v) is 13.8. The lowest BCUT2D eigenvalue weighted by atomic mass is 10.0. The number of hydrogen-bond acceptors (Lipinski definition) is 5. The number of rotatable bonds is 3. The highest BCUT2D eigenvalue weighted by Crippen LogP contribution is 2.32. The van der Waals surface area contributed by atoms with Gasteiger partial charge in [0.15, 0.2) is 5.65 Å².